The molecule has 2 aromatic rings. The number of aryl methyl sites for hydroxylation is 1. The minimum atomic E-state index is -0.595. The van der Waals surface area contributed by atoms with Gasteiger partial charge in [-0.15, -0.1) is 0 Å². The number of anilines is 1. The fourth-order valence-corrected chi connectivity index (χ4v) is 2.03. The van der Waals surface area contributed by atoms with Gasteiger partial charge in [0.05, 0.1) is 23.5 Å². The number of nitrogen functional groups attached to an aromatic ring is 1. The average molecular weight is 276 g/mol. The lowest BCUT2D eigenvalue weighted by atomic mass is 10.1. The second-order valence-corrected chi connectivity index (χ2v) is 4.71. The summed E-state index contributed by atoms with van der Waals surface area (Å²) in [6, 6.07) is 3.94. The van der Waals surface area contributed by atoms with E-state index in [9.17, 15) is 9.18 Å². The molecule has 1 amide bonds. The smallest absolute Gasteiger partial charge is 0.253 e. The maximum Gasteiger partial charge on any atom is 0.253 e. The van der Waals surface area contributed by atoms with Gasteiger partial charge in [0.25, 0.3) is 5.91 Å². The Kier molecular flexibility index (Phi) is 3.74. The number of nitrogens with zero attached hydrogens (tertiary/aromatic N) is 2. The molecular weight excluding hydrogens is 259 g/mol. The molecule has 0 aliphatic rings. The Morgan fingerprint density at radius 1 is 1.50 bits per heavy atom. The molecule has 0 saturated heterocycles. The first-order valence-electron chi connectivity index (χ1n) is 6.25. The van der Waals surface area contributed by atoms with Gasteiger partial charge in [-0.05, 0) is 26.0 Å². The lowest BCUT2D eigenvalue weighted by Crippen LogP contribution is -2.27. The molecule has 6 heteroatoms. The highest BCUT2D eigenvalue weighted by Gasteiger charge is 2.18. The van der Waals surface area contributed by atoms with Gasteiger partial charge in [-0.1, -0.05) is 6.07 Å². The van der Waals surface area contributed by atoms with E-state index in [1.54, 1.807) is 10.9 Å². The first kappa shape index (κ1) is 14.0. The Balaban J connectivity index is 2.19. The van der Waals surface area contributed by atoms with E-state index in [1.165, 1.54) is 18.2 Å². The first-order chi connectivity index (χ1) is 9.41. The molecule has 0 aliphatic heterocycles. The van der Waals surface area contributed by atoms with E-state index >= 15 is 0 Å². The number of rotatable bonds is 3. The summed E-state index contributed by atoms with van der Waals surface area (Å²) in [7, 11) is 1.83. The quantitative estimate of drug-likeness (QED) is 0.841. The molecule has 0 bridgehead atoms. The van der Waals surface area contributed by atoms with Crippen LogP contribution in [-0.4, -0.2) is 15.7 Å². The van der Waals surface area contributed by atoms with Crippen LogP contribution in [0, 0.1) is 12.7 Å². The molecule has 0 saturated carbocycles. The van der Waals surface area contributed by atoms with Crippen molar-refractivity contribution >= 4 is 11.6 Å². The summed E-state index contributed by atoms with van der Waals surface area (Å²) in [6.07, 6.45) is 1.70. The van der Waals surface area contributed by atoms with Crippen LogP contribution >= 0.6 is 0 Å². The average Bonchev–Trinajstić information content (AvgIpc) is 2.73. The van der Waals surface area contributed by atoms with Gasteiger partial charge in [0.1, 0.15) is 5.82 Å². The number of aromatic nitrogens is 2. The molecule has 1 atom stereocenters. The zero-order valence-electron chi connectivity index (χ0n) is 11.6. The predicted octanol–water partition coefficient (Wildman–Crippen LogP) is 1.94. The number of hydrogen-bond acceptors (Lipinski definition) is 3. The summed E-state index contributed by atoms with van der Waals surface area (Å²) in [5.41, 5.74) is 7.45. The van der Waals surface area contributed by atoms with Gasteiger partial charge in [0.2, 0.25) is 0 Å². The SMILES string of the molecule is Cc1c(C(C)NC(=O)c2cccc(F)c2N)cnn1C. The lowest BCUT2D eigenvalue weighted by molar-refractivity contribution is 0.0940. The Bertz CT molecular complexity index is 651. The van der Waals surface area contributed by atoms with Crippen LogP contribution in [0.1, 0.15) is 34.6 Å². The van der Waals surface area contributed by atoms with Crippen LogP contribution in [0.15, 0.2) is 24.4 Å². The molecule has 1 aromatic heterocycles. The third-order valence-electron chi connectivity index (χ3n) is 3.38. The number of amides is 1. The van der Waals surface area contributed by atoms with Gasteiger partial charge in [-0.25, -0.2) is 4.39 Å². The fourth-order valence-electron chi connectivity index (χ4n) is 2.03. The number of benzene rings is 1. The lowest BCUT2D eigenvalue weighted by Gasteiger charge is -2.14. The van der Waals surface area contributed by atoms with E-state index < -0.39 is 11.7 Å². The van der Waals surface area contributed by atoms with Gasteiger partial charge < -0.3 is 11.1 Å². The van der Waals surface area contributed by atoms with E-state index in [0.29, 0.717) is 0 Å². The van der Waals surface area contributed by atoms with Gasteiger partial charge in [0, 0.05) is 18.3 Å². The molecule has 1 heterocycles. The number of nitrogens with two attached hydrogens (primary N) is 1. The maximum absolute atomic E-state index is 13.3. The Morgan fingerprint density at radius 3 is 2.80 bits per heavy atom. The Morgan fingerprint density at radius 2 is 2.20 bits per heavy atom. The third-order valence-corrected chi connectivity index (χ3v) is 3.38. The number of carbonyl (C=O) groups is 1. The predicted molar refractivity (Wildman–Crippen MR) is 74.6 cm³/mol. The van der Waals surface area contributed by atoms with Crippen molar-refractivity contribution in [3.05, 3.63) is 47.0 Å². The molecular formula is C14H17FN4O. The number of nitrogens with one attached hydrogen (secondary N) is 1. The van der Waals surface area contributed by atoms with Crippen LogP contribution < -0.4 is 11.1 Å². The topological polar surface area (TPSA) is 72.9 Å². The highest BCUT2D eigenvalue weighted by atomic mass is 19.1. The number of hydrogen-bond donors (Lipinski definition) is 2. The molecule has 3 N–H and O–H groups in total. The van der Waals surface area contributed by atoms with Crippen molar-refractivity contribution < 1.29 is 9.18 Å². The fraction of sp³-hybridized carbons (Fsp3) is 0.286. The van der Waals surface area contributed by atoms with Crippen LogP contribution in [0.2, 0.25) is 0 Å². The second kappa shape index (κ2) is 5.32. The summed E-state index contributed by atoms with van der Waals surface area (Å²) in [5, 5.41) is 6.93. The van der Waals surface area contributed by atoms with E-state index in [1.807, 2.05) is 20.9 Å². The van der Waals surface area contributed by atoms with E-state index in [0.717, 1.165) is 11.3 Å². The Hall–Kier alpha value is -2.37. The van der Waals surface area contributed by atoms with E-state index in [2.05, 4.69) is 10.4 Å². The molecule has 106 valence electrons. The number of halogens is 1. The van der Waals surface area contributed by atoms with Gasteiger partial charge >= 0.3 is 0 Å². The van der Waals surface area contributed by atoms with Crippen LogP contribution in [0.5, 0.6) is 0 Å². The maximum atomic E-state index is 13.3. The summed E-state index contributed by atoms with van der Waals surface area (Å²) >= 11 is 0. The van der Waals surface area contributed by atoms with Gasteiger partial charge in [-0.2, -0.15) is 5.10 Å². The minimum absolute atomic E-state index is 0.137. The molecule has 20 heavy (non-hydrogen) atoms. The molecule has 0 radical (unpaired) electrons. The molecule has 0 fully saturated rings. The third kappa shape index (κ3) is 2.49. The highest BCUT2D eigenvalue weighted by molar-refractivity contribution is 5.99. The zero-order chi connectivity index (χ0) is 14.9. The number of para-hydroxylation sites is 1. The van der Waals surface area contributed by atoms with Crippen LogP contribution in [0.25, 0.3) is 0 Å². The highest BCUT2D eigenvalue weighted by Crippen LogP contribution is 2.19. The summed E-state index contributed by atoms with van der Waals surface area (Å²) in [4.78, 5) is 12.1. The summed E-state index contributed by atoms with van der Waals surface area (Å²) in [5.74, 6) is -0.999. The van der Waals surface area contributed by atoms with Crippen molar-refractivity contribution in [2.24, 2.45) is 7.05 Å². The summed E-state index contributed by atoms with van der Waals surface area (Å²) < 4.78 is 15.1. The molecule has 0 spiro atoms. The van der Waals surface area contributed by atoms with Crippen molar-refractivity contribution in [3.8, 4) is 0 Å². The van der Waals surface area contributed by atoms with Crippen molar-refractivity contribution in [1.29, 1.82) is 0 Å². The normalized spacial score (nSPS) is 12.2. The zero-order valence-corrected chi connectivity index (χ0v) is 11.6. The molecule has 1 unspecified atom stereocenters. The summed E-state index contributed by atoms with van der Waals surface area (Å²) in [6.45, 7) is 3.76. The van der Waals surface area contributed by atoms with Crippen LogP contribution in [0.4, 0.5) is 10.1 Å². The molecule has 0 aliphatic carbocycles. The Labute approximate surface area is 116 Å². The largest absolute Gasteiger partial charge is 0.396 e. The van der Waals surface area contributed by atoms with E-state index in [4.69, 9.17) is 5.73 Å². The second-order valence-electron chi connectivity index (χ2n) is 4.71. The van der Waals surface area contributed by atoms with Crippen molar-refractivity contribution in [1.82, 2.24) is 15.1 Å². The van der Waals surface area contributed by atoms with Crippen LogP contribution in [-0.2, 0) is 7.05 Å². The van der Waals surface area contributed by atoms with Crippen molar-refractivity contribution in [3.63, 3.8) is 0 Å². The molecule has 1 aromatic carbocycles. The molecule has 2 rings (SSSR count). The standard InChI is InChI=1S/C14H17FN4O/c1-8(11-7-17-19(3)9(11)2)18-14(20)10-5-4-6-12(15)13(10)16/h4-8H,16H2,1-3H3,(H,18,20). The van der Waals surface area contributed by atoms with Gasteiger partial charge in [0.15, 0.2) is 0 Å². The minimum Gasteiger partial charge on any atom is -0.396 e. The van der Waals surface area contributed by atoms with Crippen molar-refractivity contribution in [2.75, 3.05) is 5.73 Å². The van der Waals surface area contributed by atoms with Gasteiger partial charge in [-0.3, -0.25) is 9.48 Å². The monoisotopic (exact) mass is 276 g/mol. The van der Waals surface area contributed by atoms with Crippen LogP contribution in [0.3, 0.4) is 0 Å². The number of carbonyl (C=O) groups excluding carboxylic acids is 1. The van der Waals surface area contributed by atoms with E-state index in [-0.39, 0.29) is 17.3 Å². The molecule has 5 nitrogen and oxygen atoms in total. The van der Waals surface area contributed by atoms with Crippen molar-refractivity contribution in [2.45, 2.75) is 19.9 Å². The first-order valence-corrected chi connectivity index (χ1v) is 6.25.